The van der Waals surface area contributed by atoms with Crippen LogP contribution in [0.3, 0.4) is 0 Å². The molecule has 0 radical (unpaired) electrons. The van der Waals surface area contributed by atoms with E-state index in [0.717, 1.165) is 24.3 Å². The van der Waals surface area contributed by atoms with Crippen molar-refractivity contribution >= 4 is 33.9 Å². The Balaban J connectivity index is 1.39. The third-order valence-electron chi connectivity index (χ3n) is 7.31. The van der Waals surface area contributed by atoms with E-state index in [2.05, 4.69) is 9.88 Å². The maximum Gasteiger partial charge on any atom is 0.416 e. The van der Waals surface area contributed by atoms with Crippen molar-refractivity contribution in [1.29, 1.82) is 0 Å². The summed E-state index contributed by atoms with van der Waals surface area (Å²) in [6, 6.07) is 16.5. The highest BCUT2D eigenvalue weighted by Crippen LogP contribution is 2.37. The lowest BCUT2D eigenvalue weighted by atomic mass is 10.1. The molecule has 1 saturated heterocycles. The number of benzene rings is 3. The normalized spacial score (nSPS) is 14.8. The number of piperazine rings is 1. The van der Waals surface area contributed by atoms with E-state index in [1.54, 1.807) is 35.2 Å². The van der Waals surface area contributed by atoms with Gasteiger partial charge in [-0.2, -0.15) is 26.3 Å². The molecule has 3 aromatic carbocycles. The van der Waals surface area contributed by atoms with E-state index in [4.69, 9.17) is 0 Å². The van der Waals surface area contributed by atoms with Gasteiger partial charge in [-0.3, -0.25) is 9.88 Å². The first kappa shape index (κ1) is 29.2. The van der Waals surface area contributed by atoms with E-state index in [9.17, 15) is 36.2 Å². The van der Waals surface area contributed by atoms with Crippen LogP contribution in [-0.4, -0.2) is 60.2 Å². The van der Waals surface area contributed by atoms with Gasteiger partial charge in [0.1, 0.15) is 0 Å². The number of aromatic nitrogens is 1. The molecule has 220 valence electrons. The van der Waals surface area contributed by atoms with Gasteiger partial charge in [-0.25, -0.2) is 4.79 Å². The van der Waals surface area contributed by atoms with Crippen LogP contribution in [0.2, 0.25) is 0 Å². The molecule has 0 unspecified atom stereocenters. The lowest BCUT2D eigenvalue weighted by molar-refractivity contribution is -0.138. The number of para-hydroxylation sites is 1. The lowest BCUT2D eigenvalue weighted by Gasteiger charge is -2.37. The highest BCUT2D eigenvalue weighted by molar-refractivity contribution is 5.99. The van der Waals surface area contributed by atoms with Gasteiger partial charge in [0, 0.05) is 56.5 Å². The van der Waals surface area contributed by atoms with E-state index in [1.165, 1.54) is 24.4 Å². The second kappa shape index (κ2) is 11.5. The Morgan fingerprint density at radius 1 is 0.810 bits per heavy atom. The summed E-state index contributed by atoms with van der Waals surface area (Å²) >= 11 is 0. The average molecular weight is 589 g/mol. The second-order valence-electron chi connectivity index (χ2n) is 9.91. The average Bonchev–Trinajstić information content (AvgIpc) is 2.96. The second-order valence-corrected chi connectivity index (χ2v) is 9.91. The van der Waals surface area contributed by atoms with Crippen molar-refractivity contribution in [2.45, 2.75) is 12.4 Å². The van der Waals surface area contributed by atoms with Crippen LogP contribution in [-0.2, 0) is 12.4 Å². The molecule has 12 heteroatoms. The number of anilines is 3. The fourth-order valence-electron chi connectivity index (χ4n) is 5.16. The van der Waals surface area contributed by atoms with Crippen LogP contribution in [0.5, 0.6) is 0 Å². The molecule has 4 aromatic rings. The first-order valence-electron chi connectivity index (χ1n) is 13.1. The molecular formula is C30H26F6N4O2. The molecule has 1 N–H and O–H groups in total. The maximum atomic E-state index is 13.4. The summed E-state index contributed by atoms with van der Waals surface area (Å²) in [7, 11) is 0. The number of halogens is 6. The Labute approximate surface area is 237 Å². The van der Waals surface area contributed by atoms with Gasteiger partial charge >= 0.3 is 18.3 Å². The maximum absolute atomic E-state index is 13.4. The topological polar surface area (TPSA) is 59.9 Å². The zero-order chi connectivity index (χ0) is 30.1. The Hall–Kier alpha value is -4.32. The van der Waals surface area contributed by atoms with Gasteiger partial charge in [-0.1, -0.05) is 24.3 Å². The molecule has 42 heavy (non-hydrogen) atoms. The van der Waals surface area contributed by atoms with Crippen molar-refractivity contribution in [3.05, 3.63) is 95.7 Å². The van der Waals surface area contributed by atoms with Crippen LogP contribution in [0, 0.1) is 0 Å². The van der Waals surface area contributed by atoms with Crippen LogP contribution in [0.25, 0.3) is 10.9 Å². The number of carboxylic acid groups (broad SMARTS) is 1. The van der Waals surface area contributed by atoms with Crippen molar-refractivity contribution in [2.24, 2.45) is 0 Å². The third-order valence-corrected chi connectivity index (χ3v) is 7.31. The van der Waals surface area contributed by atoms with Gasteiger partial charge < -0.3 is 14.9 Å². The van der Waals surface area contributed by atoms with Gasteiger partial charge in [0.25, 0.3) is 0 Å². The van der Waals surface area contributed by atoms with Crippen LogP contribution in [0.15, 0.2) is 79.0 Å². The molecule has 0 atom stereocenters. The molecule has 0 saturated carbocycles. The summed E-state index contributed by atoms with van der Waals surface area (Å²) in [5, 5.41) is 10.3. The van der Waals surface area contributed by atoms with Crippen LogP contribution < -0.4 is 9.80 Å². The van der Waals surface area contributed by atoms with Crippen molar-refractivity contribution in [2.75, 3.05) is 49.1 Å². The smallest absolute Gasteiger partial charge is 0.416 e. The van der Waals surface area contributed by atoms with Crippen LogP contribution >= 0.6 is 0 Å². The number of nitrogens with zero attached hydrogens (tertiary/aromatic N) is 4. The van der Waals surface area contributed by atoms with Crippen molar-refractivity contribution in [3.63, 3.8) is 0 Å². The molecule has 1 fully saturated rings. The van der Waals surface area contributed by atoms with Gasteiger partial charge in [0.15, 0.2) is 0 Å². The number of hydrogen-bond acceptors (Lipinski definition) is 5. The minimum Gasteiger partial charge on any atom is -0.478 e. The predicted molar refractivity (Wildman–Crippen MR) is 147 cm³/mol. The van der Waals surface area contributed by atoms with E-state index >= 15 is 0 Å². The molecule has 0 spiro atoms. The van der Waals surface area contributed by atoms with Gasteiger partial charge in [0.05, 0.1) is 33.6 Å². The van der Waals surface area contributed by atoms with Crippen molar-refractivity contribution in [1.82, 2.24) is 9.88 Å². The van der Waals surface area contributed by atoms with E-state index in [-0.39, 0.29) is 11.1 Å². The fraction of sp³-hybridized carbons (Fsp3) is 0.267. The molecule has 0 aliphatic carbocycles. The third kappa shape index (κ3) is 6.28. The van der Waals surface area contributed by atoms with Crippen molar-refractivity contribution < 1.29 is 36.2 Å². The zero-order valence-electron chi connectivity index (χ0n) is 22.2. The molecule has 0 bridgehead atoms. The van der Waals surface area contributed by atoms with Gasteiger partial charge in [-0.05, 0) is 48.5 Å². The predicted octanol–water partition coefficient (Wildman–Crippen LogP) is 6.93. The Bertz CT molecular complexity index is 1580. The highest BCUT2D eigenvalue weighted by atomic mass is 19.4. The first-order chi connectivity index (χ1) is 19.9. The van der Waals surface area contributed by atoms with Crippen molar-refractivity contribution in [3.8, 4) is 0 Å². The Morgan fingerprint density at radius 3 is 2.19 bits per heavy atom. The van der Waals surface area contributed by atoms with Gasteiger partial charge in [0.2, 0.25) is 0 Å². The molecule has 2 heterocycles. The lowest BCUT2D eigenvalue weighted by Crippen LogP contribution is -2.48. The number of carbonyl (C=O) groups is 1. The number of aromatic carboxylic acids is 1. The Morgan fingerprint density at radius 2 is 1.50 bits per heavy atom. The summed E-state index contributed by atoms with van der Waals surface area (Å²) in [6.45, 7) is 2.85. The number of hydrogen-bond donors (Lipinski definition) is 1. The minimum absolute atomic E-state index is 0.0312. The molecule has 5 rings (SSSR count). The van der Waals surface area contributed by atoms with Crippen LogP contribution in [0.1, 0.15) is 21.5 Å². The quantitative estimate of drug-likeness (QED) is 0.236. The number of pyridine rings is 1. The molecule has 1 aliphatic heterocycles. The van der Waals surface area contributed by atoms with E-state index in [0.29, 0.717) is 61.7 Å². The summed E-state index contributed by atoms with van der Waals surface area (Å²) < 4.78 is 79.6. The SMILES string of the molecule is O=C(O)c1ccccc1N(CCN1CCN(c2cccc(C(F)(F)F)c2)CC1)c1ccnc2cc(C(F)(F)F)ccc12. The summed E-state index contributed by atoms with van der Waals surface area (Å²) in [6.07, 6.45) is -7.58. The molecule has 0 amide bonds. The number of alkyl halides is 6. The summed E-state index contributed by atoms with van der Waals surface area (Å²) in [4.78, 5) is 22.0. The summed E-state index contributed by atoms with van der Waals surface area (Å²) in [5.41, 5.74) is -0.0237. The number of rotatable bonds is 7. The minimum atomic E-state index is -4.54. The zero-order valence-corrected chi connectivity index (χ0v) is 22.2. The van der Waals surface area contributed by atoms with E-state index in [1.807, 2.05) is 4.90 Å². The monoisotopic (exact) mass is 588 g/mol. The molecule has 6 nitrogen and oxygen atoms in total. The van der Waals surface area contributed by atoms with Gasteiger partial charge in [-0.15, -0.1) is 0 Å². The highest BCUT2D eigenvalue weighted by Gasteiger charge is 2.32. The van der Waals surface area contributed by atoms with Crippen LogP contribution in [0.4, 0.5) is 43.4 Å². The molecule has 1 aromatic heterocycles. The standard InChI is InChI=1S/C30H26F6N4O2/c31-29(32,33)20-4-3-5-22(18-20)39-15-12-38(13-16-39)14-17-40(26-7-2-1-6-24(26)28(41)42)27-10-11-37-25-19-21(30(34,35)36)8-9-23(25)27/h1-11,18-19H,12-17H2,(H,41,42). The van der Waals surface area contributed by atoms with E-state index < -0.39 is 29.4 Å². The molecular weight excluding hydrogens is 562 g/mol. The largest absolute Gasteiger partial charge is 0.478 e. The fourth-order valence-corrected chi connectivity index (χ4v) is 5.16. The number of carboxylic acids is 1. The number of fused-ring (bicyclic) bond motifs is 1. The summed E-state index contributed by atoms with van der Waals surface area (Å²) in [5.74, 6) is -1.15. The Kier molecular flexibility index (Phi) is 8.00. The first-order valence-corrected chi connectivity index (χ1v) is 13.1. The molecule has 1 aliphatic rings.